The molecule has 1 heterocycles. The molecule has 31 heavy (non-hydrogen) atoms. The van der Waals surface area contributed by atoms with Crippen LogP contribution in [0.15, 0.2) is 42.5 Å². The SMILES string of the molecule is CCCC1(C)OB(c2ccc(C(F)(F)F)c(C(=O)Nc3ccc(F)cc3)c2)OC1(C)C. The number of alkyl halides is 3. The van der Waals surface area contributed by atoms with Crippen molar-refractivity contribution in [3.05, 3.63) is 59.4 Å². The smallest absolute Gasteiger partial charge is 0.399 e. The first kappa shape index (κ1) is 23.3. The van der Waals surface area contributed by atoms with Gasteiger partial charge < -0.3 is 14.6 Å². The molecule has 166 valence electrons. The highest BCUT2D eigenvalue weighted by Crippen LogP contribution is 2.40. The van der Waals surface area contributed by atoms with Crippen LogP contribution in [0.1, 0.15) is 56.5 Å². The average molecular weight is 437 g/mol. The molecule has 0 spiro atoms. The Morgan fingerprint density at radius 3 is 2.29 bits per heavy atom. The van der Waals surface area contributed by atoms with Crippen molar-refractivity contribution in [2.24, 2.45) is 0 Å². The number of rotatable bonds is 5. The first-order valence-corrected chi connectivity index (χ1v) is 10.00. The van der Waals surface area contributed by atoms with Gasteiger partial charge in [-0.15, -0.1) is 0 Å². The minimum Gasteiger partial charge on any atom is -0.399 e. The fourth-order valence-electron chi connectivity index (χ4n) is 3.64. The monoisotopic (exact) mass is 437 g/mol. The Hall–Kier alpha value is -2.39. The van der Waals surface area contributed by atoms with Gasteiger partial charge in [0.2, 0.25) is 0 Å². The number of hydrogen-bond acceptors (Lipinski definition) is 3. The van der Waals surface area contributed by atoms with Gasteiger partial charge in [0.1, 0.15) is 5.82 Å². The molecule has 0 radical (unpaired) electrons. The Kier molecular flexibility index (Phi) is 6.22. The van der Waals surface area contributed by atoms with Gasteiger partial charge >= 0.3 is 13.3 Å². The molecule has 0 aliphatic carbocycles. The maximum atomic E-state index is 13.6. The summed E-state index contributed by atoms with van der Waals surface area (Å²) in [4.78, 5) is 12.7. The van der Waals surface area contributed by atoms with E-state index >= 15 is 0 Å². The second-order valence-corrected chi connectivity index (χ2v) is 8.32. The van der Waals surface area contributed by atoms with E-state index in [1.165, 1.54) is 18.2 Å². The number of benzene rings is 2. The Morgan fingerprint density at radius 1 is 1.06 bits per heavy atom. The van der Waals surface area contributed by atoms with Gasteiger partial charge in [-0.3, -0.25) is 4.79 Å². The van der Waals surface area contributed by atoms with Crippen LogP contribution in [0, 0.1) is 5.82 Å². The van der Waals surface area contributed by atoms with E-state index in [1.54, 1.807) is 0 Å². The van der Waals surface area contributed by atoms with Crippen LogP contribution in [0.5, 0.6) is 0 Å². The van der Waals surface area contributed by atoms with Crippen LogP contribution in [0.25, 0.3) is 0 Å². The zero-order valence-corrected chi connectivity index (χ0v) is 17.8. The lowest BCUT2D eigenvalue weighted by Gasteiger charge is -2.36. The van der Waals surface area contributed by atoms with Gasteiger partial charge in [-0.2, -0.15) is 13.2 Å². The van der Waals surface area contributed by atoms with Gasteiger partial charge in [-0.25, -0.2) is 4.39 Å². The predicted molar refractivity (Wildman–Crippen MR) is 111 cm³/mol. The highest BCUT2D eigenvalue weighted by Gasteiger charge is 2.54. The van der Waals surface area contributed by atoms with Crippen molar-refractivity contribution in [1.82, 2.24) is 0 Å². The zero-order valence-electron chi connectivity index (χ0n) is 17.8. The van der Waals surface area contributed by atoms with Gasteiger partial charge in [0.05, 0.1) is 22.3 Å². The normalized spacial score (nSPS) is 20.7. The van der Waals surface area contributed by atoms with E-state index in [-0.39, 0.29) is 5.69 Å². The molecular weight excluding hydrogens is 413 g/mol. The van der Waals surface area contributed by atoms with Gasteiger partial charge in [0.25, 0.3) is 5.91 Å². The summed E-state index contributed by atoms with van der Waals surface area (Å²) in [5, 5.41) is 2.38. The minimum atomic E-state index is -4.73. The molecule has 1 amide bonds. The summed E-state index contributed by atoms with van der Waals surface area (Å²) in [6.45, 7) is 7.65. The molecule has 1 unspecified atom stereocenters. The van der Waals surface area contributed by atoms with Crippen LogP contribution in [-0.4, -0.2) is 24.2 Å². The fraction of sp³-hybridized carbons (Fsp3) is 0.409. The number of hydrogen-bond donors (Lipinski definition) is 1. The average Bonchev–Trinajstić information content (AvgIpc) is 2.91. The van der Waals surface area contributed by atoms with Crippen molar-refractivity contribution in [3.63, 3.8) is 0 Å². The lowest BCUT2D eigenvalue weighted by Crippen LogP contribution is -2.44. The number of amides is 1. The van der Waals surface area contributed by atoms with Crippen LogP contribution >= 0.6 is 0 Å². The molecule has 1 N–H and O–H groups in total. The molecule has 1 aliphatic rings. The van der Waals surface area contributed by atoms with Crippen LogP contribution in [-0.2, 0) is 15.5 Å². The summed E-state index contributed by atoms with van der Waals surface area (Å²) < 4.78 is 65.9. The Bertz CT molecular complexity index is 962. The van der Waals surface area contributed by atoms with E-state index in [4.69, 9.17) is 9.31 Å². The maximum absolute atomic E-state index is 13.6. The van der Waals surface area contributed by atoms with Crippen molar-refractivity contribution in [2.45, 2.75) is 57.9 Å². The van der Waals surface area contributed by atoms with Crippen molar-refractivity contribution >= 4 is 24.2 Å². The molecule has 9 heteroatoms. The number of carbonyl (C=O) groups excluding carboxylic acids is 1. The summed E-state index contributed by atoms with van der Waals surface area (Å²) in [7, 11) is -0.911. The fourth-order valence-corrected chi connectivity index (χ4v) is 3.64. The molecular formula is C22H24BF4NO3. The predicted octanol–water partition coefficient (Wildman–Crippen LogP) is 5.18. The number of halogens is 4. The van der Waals surface area contributed by atoms with E-state index in [0.717, 1.165) is 30.7 Å². The first-order chi connectivity index (χ1) is 14.4. The number of anilines is 1. The highest BCUT2D eigenvalue weighted by atomic mass is 19.4. The van der Waals surface area contributed by atoms with E-state index < -0.39 is 47.3 Å². The van der Waals surface area contributed by atoms with Crippen molar-refractivity contribution in [1.29, 1.82) is 0 Å². The van der Waals surface area contributed by atoms with Crippen molar-refractivity contribution in [2.75, 3.05) is 5.32 Å². The Morgan fingerprint density at radius 2 is 1.71 bits per heavy atom. The zero-order chi connectivity index (χ0) is 23.0. The van der Waals surface area contributed by atoms with Gasteiger partial charge in [0, 0.05) is 5.69 Å². The molecule has 0 aromatic heterocycles. The molecule has 1 aliphatic heterocycles. The molecule has 1 atom stereocenters. The third-order valence-corrected chi connectivity index (χ3v) is 5.74. The third kappa shape index (κ3) is 4.77. The maximum Gasteiger partial charge on any atom is 0.494 e. The molecule has 0 bridgehead atoms. The van der Waals surface area contributed by atoms with E-state index in [9.17, 15) is 22.4 Å². The summed E-state index contributed by atoms with van der Waals surface area (Å²) in [5.74, 6) is -1.49. The standard InChI is InChI=1S/C22H24BF4NO3/c1-5-12-21(4)20(2,3)30-23(31-21)14-6-11-18(22(25,26)27)17(13-14)19(29)28-16-9-7-15(24)8-10-16/h6-11,13H,5,12H2,1-4H3,(H,28,29). The number of nitrogens with one attached hydrogen (secondary N) is 1. The Balaban J connectivity index is 1.96. The molecule has 4 nitrogen and oxygen atoms in total. The van der Waals surface area contributed by atoms with Crippen LogP contribution in [0.3, 0.4) is 0 Å². The summed E-state index contributed by atoms with van der Waals surface area (Å²) >= 11 is 0. The minimum absolute atomic E-state index is 0.176. The van der Waals surface area contributed by atoms with Gasteiger partial charge in [0.15, 0.2) is 0 Å². The van der Waals surface area contributed by atoms with Gasteiger partial charge in [-0.05, 0) is 69.1 Å². The summed E-state index contributed by atoms with van der Waals surface area (Å²) in [6.07, 6.45) is -3.19. The van der Waals surface area contributed by atoms with E-state index in [0.29, 0.717) is 11.9 Å². The van der Waals surface area contributed by atoms with Crippen molar-refractivity contribution in [3.8, 4) is 0 Å². The molecule has 1 saturated heterocycles. The number of carbonyl (C=O) groups is 1. The van der Waals surface area contributed by atoms with E-state index in [1.807, 2.05) is 27.7 Å². The second kappa shape index (κ2) is 8.28. The van der Waals surface area contributed by atoms with Crippen LogP contribution < -0.4 is 10.8 Å². The highest BCUT2D eigenvalue weighted by molar-refractivity contribution is 6.62. The van der Waals surface area contributed by atoms with Crippen LogP contribution in [0.4, 0.5) is 23.2 Å². The first-order valence-electron chi connectivity index (χ1n) is 10.00. The third-order valence-electron chi connectivity index (χ3n) is 5.74. The van der Waals surface area contributed by atoms with Crippen molar-refractivity contribution < 1.29 is 31.7 Å². The van der Waals surface area contributed by atoms with E-state index in [2.05, 4.69) is 5.32 Å². The molecule has 3 rings (SSSR count). The lowest BCUT2D eigenvalue weighted by atomic mass is 9.77. The largest absolute Gasteiger partial charge is 0.494 e. The van der Waals surface area contributed by atoms with Gasteiger partial charge in [-0.1, -0.05) is 19.4 Å². The topological polar surface area (TPSA) is 47.6 Å². The summed E-state index contributed by atoms with van der Waals surface area (Å²) in [5.41, 5.74) is -2.47. The Labute approximate surface area is 179 Å². The molecule has 0 saturated carbocycles. The molecule has 2 aromatic rings. The lowest BCUT2D eigenvalue weighted by molar-refractivity contribution is -0.137. The molecule has 2 aromatic carbocycles. The quantitative estimate of drug-likeness (QED) is 0.519. The van der Waals surface area contributed by atoms with Crippen LogP contribution in [0.2, 0.25) is 0 Å². The molecule has 1 fully saturated rings. The summed E-state index contributed by atoms with van der Waals surface area (Å²) in [6, 6.07) is 8.00. The second-order valence-electron chi connectivity index (χ2n) is 8.32.